The van der Waals surface area contributed by atoms with E-state index in [2.05, 4.69) is 40.0 Å². The molecule has 0 saturated carbocycles. The summed E-state index contributed by atoms with van der Waals surface area (Å²) in [5.74, 6) is 5.85. The minimum absolute atomic E-state index is 0.315. The monoisotopic (exact) mass is 407 g/mol. The fraction of sp³-hybridized carbons (Fsp3) is 0.115. The summed E-state index contributed by atoms with van der Waals surface area (Å²) in [6.45, 7) is 0. The number of methoxy groups -OCH3 is 1. The molecule has 0 aliphatic rings. The second-order valence-electron chi connectivity index (χ2n) is 7.21. The first-order valence-corrected chi connectivity index (χ1v) is 9.77. The van der Waals surface area contributed by atoms with Crippen molar-refractivity contribution < 1.29 is 9.53 Å². The van der Waals surface area contributed by atoms with Gasteiger partial charge in [-0.15, -0.1) is 0 Å². The molecule has 2 aromatic heterocycles. The number of esters is 1. The van der Waals surface area contributed by atoms with E-state index in [9.17, 15) is 4.79 Å². The minimum Gasteiger partial charge on any atom is -0.464 e. The van der Waals surface area contributed by atoms with E-state index in [0.29, 0.717) is 5.69 Å². The Morgan fingerprint density at radius 3 is 2.42 bits per heavy atom. The standard InChI is InChI=1S/C26H21N3O2/c1-29(2)24-16-23-21(12-14-28-25(23)26(30)31-3)15-22(24)20-10-8-18(9-11-20)6-7-19-5-4-13-27-17-19/h4-5,8-17H,1-3H3. The first-order chi connectivity index (χ1) is 15.1. The van der Waals surface area contributed by atoms with Crippen LogP contribution in [0.4, 0.5) is 5.69 Å². The molecular weight excluding hydrogens is 386 g/mol. The van der Waals surface area contributed by atoms with Gasteiger partial charge in [-0.2, -0.15) is 0 Å². The van der Waals surface area contributed by atoms with Crippen LogP contribution in [0, 0.1) is 11.8 Å². The Morgan fingerprint density at radius 1 is 0.968 bits per heavy atom. The van der Waals surface area contributed by atoms with Gasteiger partial charge < -0.3 is 9.64 Å². The number of aromatic nitrogens is 2. The number of ether oxygens (including phenoxy) is 1. The zero-order valence-electron chi connectivity index (χ0n) is 17.6. The van der Waals surface area contributed by atoms with Crippen LogP contribution in [-0.4, -0.2) is 37.1 Å². The van der Waals surface area contributed by atoms with Crippen LogP contribution in [0.15, 0.2) is 73.2 Å². The summed E-state index contributed by atoms with van der Waals surface area (Å²) in [6, 6.07) is 17.9. The molecular formula is C26H21N3O2. The molecule has 4 aromatic rings. The summed E-state index contributed by atoms with van der Waals surface area (Å²) in [6.07, 6.45) is 5.11. The van der Waals surface area contributed by atoms with Gasteiger partial charge in [0, 0.05) is 60.4 Å². The van der Waals surface area contributed by atoms with E-state index < -0.39 is 5.97 Å². The van der Waals surface area contributed by atoms with Crippen LogP contribution in [0.5, 0.6) is 0 Å². The zero-order valence-corrected chi connectivity index (χ0v) is 17.6. The maximum absolute atomic E-state index is 12.1. The lowest BCUT2D eigenvalue weighted by Gasteiger charge is -2.19. The van der Waals surface area contributed by atoms with Crippen molar-refractivity contribution in [3.8, 4) is 23.0 Å². The Bertz CT molecular complexity index is 1300. The highest BCUT2D eigenvalue weighted by molar-refractivity contribution is 6.05. The third-order valence-corrected chi connectivity index (χ3v) is 4.95. The van der Waals surface area contributed by atoms with E-state index in [1.54, 1.807) is 18.6 Å². The number of rotatable bonds is 3. The van der Waals surface area contributed by atoms with Gasteiger partial charge in [0.2, 0.25) is 0 Å². The van der Waals surface area contributed by atoms with Crippen molar-refractivity contribution in [2.24, 2.45) is 0 Å². The Balaban J connectivity index is 1.76. The van der Waals surface area contributed by atoms with E-state index in [4.69, 9.17) is 4.74 Å². The lowest BCUT2D eigenvalue weighted by molar-refractivity contribution is 0.0596. The fourth-order valence-corrected chi connectivity index (χ4v) is 3.38. The van der Waals surface area contributed by atoms with Crippen molar-refractivity contribution in [3.63, 3.8) is 0 Å². The molecule has 0 aliphatic carbocycles. The Labute approximate surface area is 181 Å². The second kappa shape index (κ2) is 8.68. The molecule has 31 heavy (non-hydrogen) atoms. The van der Waals surface area contributed by atoms with Crippen LogP contribution < -0.4 is 4.90 Å². The fourth-order valence-electron chi connectivity index (χ4n) is 3.38. The summed E-state index contributed by atoms with van der Waals surface area (Å²) in [4.78, 5) is 22.5. The summed E-state index contributed by atoms with van der Waals surface area (Å²) >= 11 is 0. The molecule has 5 nitrogen and oxygen atoms in total. The first-order valence-electron chi connectivity index (χ1n) is 9.77. The quantitative estimate of drug-likeness (QED) is 0.368. The molecule has 0 amide bonds. The van der Waals surface area contributed by atoms with Gasteiger partial charge in [-0.3, -0.25) is 4.98 Å². The third kappa shape index (κ3) is 4.24. The number of hydrogen-bond acceptors (Lipinski definition) is 5. The molecule has 0 N–H and O–H groups in total. The van der Waals surface area contributed by atoms with Crippen molar-refractivity contribution >= 4 is 22.4 Å². The minimum atomic E-state index is -0.445. The molecule has 0 radical (unpaired) electrons. The third-order valence-electron chi connectivity index (χ3n) is 4.95. The van der Waals surface area contributed by atoms with E-state index in [1.165, 1.54) is 7.11 Å². The lowest BCUT2D eigenvalue weighted by atomic mass is 9.97. The SMILES string of the molecule is COC(=O)c1nccc2cc(-c3ccc(C#Cc4cccnc4)cc3)c(N(C)C)cc12. The molecule has 0 fully saturated rings. The van der Waals surface area contributed by atoms with Crippen LogP contribution in [0.3, 0.4) is 0 Å². The maximum atomic E-state index is 12.1. The molecule has 152 valence electrons. The molecule has 0 saturated heterocycles. The Hall–Kier alpha value is -4.17. The maximum Gasteiger partial charge on any atom is 0.357 e. The molecule has 2 heterocycles. The van der Waals surface area contributed by atoms with Crippen LogP contribution in [0.1, 0.15) is 21.6 Å². The van der Waals surface area contributed by atoms with Gasteiger partial charge in [-0.05, 0) is 53.4 Å². The second-order valence-corrected chi connectivity index (χ2v) is 7.21. The predicted molar refractivity (Wildman–Crippen MR) is 123 cm³/mol. The molecule has 0 atom stereocenters. The highest BCUT2D eigenvalue weighted by atomic mass is 16.5. The van der Waals surface area contributed by atoms with Crippen molar-refractivity contribution in [2.75, 3.05) is 26.1 Å². The summed E-state index contributed by atoms with van der Waals surface area (Å²) in [5, 5.41) is 1.69. The Morgan fingerprint density at radius 2 is 1.74 bits per heavy atom. The normalized spacial score (nSPS) is 10.3. The van der Waals surface area contributed by atoms with E-state index in [-0.39, 0.29) is 0 Å². The number of carbonyl (C=O) groups is 1. The largest absolute Gasteiger partial charge is 0.464 e. The Kier molecular flexibility index (Phi) is 5.63. The molecule has 5 heteroatoms. The summed E-state index contributed by atoms with van der Waals surface area (Å²) < 4.78 is 4.90. The molecule has 0 bridgehead atoms. The van der Waals surface area contributed by atoms with Gasteiger partial charge in [0.1, 0.15) is 0 Å². The number of benzene rings is 2. The predicted octanol–water partition coefficient (Wildman–Crippen LogP) is 4.55. The zero-order chi connectivity index (χ0) is 21.8. The topological polar surface area (TPSA) is 55.3 Å². The summed E-state index contributed by atoms with van der Waals surface area (Å²) in [5.41, 5.74) is 5.23. The van der Waals surface area contributed by atoms with Crippen molar-refractivity contribution in [1.82, 2.24) is 9.97 Å². The number of hydrogen-bond donors (Lipinski definition) is 0. The average molecular weight is 407 g/mol. The van der Waals surface area contributed by atoms with Crippen LogP contribution >= 0.6 is 0 Å². The van der Waals surface area contributed by atoms with Crippen LogP contribution in [0.25, 0.3) is 21.9 Å². The van der Waals surface area contributed by atoms with E-state index >= 15 is 0 Å². The number of carbonyl (C=O) groups excluding carboxylic acids is 1. The molecule has 0 aliphatic heterocycles. The number of anilines is 1. The molecule has 0 unspecified atom stereocenters. The van der Waals surface area contributed by atoms with Gasteiger partial charge in [-0.1, -0.05) is 24.0 Å². The van der Waals surface area contributed by atoms with Gasteiger partial charge >= 0.3 is 5.97 Å². The smallest absolute Gasteiger partial charge is 0.357 e. The number of pyridine rings is 2. The van der Waals surface area contributed by atoms with Gasteiger partial charge in [-0.25, -0.2) is 9.78 Å². The van der Waals surface area contributed by atoms with Crippen LogP contribution in [0.2, 0.25) is 0 Å². The summed E-state index contributed by atoms with van der Waals surface area (Å²) in [7, 11) is 5.32. The lowest BCUT2D eigenvalue weighted by Crippen LogP contribution is -2.11. The van der Waals surface area contributed by atoms with Crippen molar-refractivity contribution in [2.45, 2.75) is 0 Å². The van der Waals surface area contributed by atoms with E-state index in [0.717, 1.165) is 38.7 Å². The van der Waals surface area contributed by atoms with E-state index in [1.807, 2.05) is 55.4 Å². The van der Waals surface area contributed by atoms with Crippen molar-refractivity contribution in [1.29, 1.82) is 0 Å². The highest BCUT2D eigenvalue weighted by Crippen LogP contribution is 2.35. The first kappa shape index (κ1) is 20.1. The number of nitrogens with zero attached hydrogens (tertiary/aromatic N) is 3. The average Bonchev–Trinajstić information content (AvgIpc) is 2.82. The van der Waals surface area contributed by atoms with Gasteiger partial charge in [0.25, 0.3) is 0 Å². The van der Waals surface area contributed by atoms with Gasteiger partial charge in [0.15, 0.2) is 5.69 Å². The molecule has 4 rings (SSSR count). The van der Waals surface area contributed by atoms with Crippen molar-refractivity contribution in [3.05, 3.63) is 90.0 Å². The van der Waals surface area contributed by atoms with Crippen LogP contribution in [-0.2, 0) is 4.74 Å². The van der Waals surface area contributed by atoms with Gasteiger partial charge in [0.05, 0.1) is 7.11 Å². The molecule has 0 spiro atoms. The number of fused-ring (bicyclic) bond motifs is 1. The molecule has 2 aromatic carbocycles. The highest BCUT2D eigenvalue weighted by Gasteiger charge is 2.16.